The molecule has 0 saturated heterocycles. The van der Waals surface area contributed by atoms with Crippen LogP contribution in [0.1, 0.15) is 16.9 Å². The summed E-state index contributed by atoms with van der Waals surface area (Å²) in [5, 5.41) is 23.5. The van der Waals surface area contributed by atoms with E-state index in [9.17, 15) is 5.11 Å². The molecule has 0 aliphatic rings. The molecule has 3 aromatic heterocycles. The Hall–Kier alpha value is -3.56. The summed E-state index contributed by atoms with van der Waals surface area (Å²) in [6.07, 6.45) is 4.31. The first-order chi connectivity index (χ1) is 13.2. The van der Waals surface area contributed by atoms with Gasteiger partial charge in [-0.05, 0) is 42.0 Å². The van der Waals surface area contributed by atoms with Crippen LogP contribution in [0.25, 0.3) is 22.2 Å². The number of nitrogens with zero attached hydrogens (tertiary/aromatic N) is 2. The standard InChI is InChI=1S/C21H18N4O2/c22-11-14-3-5-18-17(10-14)20(21(26)25-18)19-6-4-15(13-24-19)12-23-8-7-16-2-1-9-27-16/h1-6,9-10,13,23,25-26H,7-8,12H2. The van der Waals surface area contributed by atoms with Crippen molar-refractivity contribution in [3.8, 4) is 23.2 Å². The zero-order chi connectivity index (χ0) is 18.6. The molecule has 0 fully saturated rings. The zero-order valence-corrected chi connectivity index (χ0v) is 14.6. The molecule has 0 saturated carbocycles. The third-order valence-corrected chi connectivity index (χ3v) is 4.45. The van der Waals surface area contributed by atoms with E-state index in [-0.39, 0.29) is 5.88 Å². The molecule has 134 valence electrons. The molecular formula is C21H18N4O2. The number of nitrogens with one attached hydrogen (secondary N) is 2. The van der Waals surface area contributed by atoms with Gasteiger partial charge in [-0.25, -0.2) is 0 Å². The molecule has 1 aromatic carbocycles. The second kappa shape index (κ2) is 7.36. The molecule has 6 heteroatoms. The molecule has 0 bridgehead atoms. The number of rotatable bonds is 6. The molecular weight excluding hydrogens is 340 g/mol. The monoisotopic (exact) mass is 358 g/mol. The lowest BCUT2D eigenvalue weighted by Crippen LogP contribution is -2.16. The van der Waals surface area contributed by atoms with Crippen molar-refractivity contribution in [2.75, 3.05) is 6.54 Å². The van der Waals surface area contributed by atoms with E-state index in [1.165, 1.54) is 0 Å². The Morgan fingerprint density at radius 1 is 1.22 bits per heavy atom. The van der Waals surface area contributed by atoms with Crippen molar-refractivity contribution in [2.24, 2.45) is 0 Å². The molecule has 6 nitrogen and oxygen atoms in total. The van der Waals surface area contributed by atoms with Gasteiger partial charge in [0.2, 0.25) is 0 Å². The summed E-state index contributed by atoms with van der Waals surface area (Å²) in [6.45, 7) is 1.52. The quantitative estimate of drug-likeness (QED) is 0.456. The maximum absolute atomic E-state index is 10.3. The van der Waals surface area contributed by atoms with Crippen LogP contribution in [0.4, 0.5) is 0 Å². The van der Waals surface area contributed by atoms with E-state index in [2.05, 4.69) is 21.4 Å². The highest BCUT2D eigenvalue weighted by Gasteiger charge is 2.14. The van der Waals surface area contributed by atoms with Gasteiger partial charge >= 0.3 is 0 Å². The Balaban J connectivity index is 1.48. The van der Waals surface area contributed by atoms with Gasteiger partial charge in [-0.15, -0.1) is 0 Å². The van der Waals surface area contributed by atoms with E-state index in [4.69, 9.17) is 9.68 Å². The Morgan fingerprint density at radius 3 is 2.89 bits per heavy atom. The smallest absolute Gasteiger partial charge is 0.199 e. The van der Waals surface area contributed by atoms with Crippen molar-refractivity contribution in [2.45, 2.75) is 13.0 Å². The molecule has 27 heavy (non-hydrogen) atoms. The third-order valence-electron chi connectivity index (χ3n) is 4.45. The number of aromatic nitrogens is 2. The molecule has 3 N–H and O–H groups in total. The Kier molecular flexibility index (Phi) is 4.60. The summed E-state index contributed by atoms with van der Waals surface area (Å²) in [6, 6.07) is 15.1. The van der Waals surface area contributed by atoms with Gasteiger partial charge in [-0.3, -0.25) is 4.98 Å². The van der Waals surface area contributed by atoms with Crippen LogP contribution in [0.3, 0.4) is 0 Å². The Bertz CT molecular complexity index is 1090. The van der Waals surface area contributed by atoms with Crippen LogP contribution >= 0.6 is 0 Å². The summed E-state index contributed by atoms with van der Waals surface area (Å²) in [5.41, 5.74) is 3.63. The van der Waals surface area contributed by atoms with Crippen molar-refractivity contribution < 1.29 is 9.52 Å². The maximum atomic E-state index is 10.3. The van der Waals surface area contributed by atoms with Crippen molar-refractivity contribution in [1.82, 2.24) is 15.3 Å². The first-order valence-corrected chi connectivity index (χ1v) is 8.68. The van der Waals surface area contributed by atoms with Crippen LogP contribution in [0.5, 0.6) is 5.88 Å². The summed E-state index contributed by atoms with van der Waals surface area (Å²) >= 11 is 0. The van der Waals surface area contributed by atoms with Crippen LogP contribution in [0.2, 0.25) is 0 Å². The Morgan fingerprint density at radius 2 is 2.15 bits per heavy atom. The number of hydrogen-bond donors (Lipinski definition) is 3. The number of furan rings is 1. The van der Waals surface area contributed by atoms with E-state index < -0.39 is 0 Å². The number of aromatic hydroxyl groups is 1. The topological polar surface area (TPSA) is 97.9 Å². The van der Waals surface area contributed by atoms with Gasteiger partial charge in [0.1, 0.15) is 5.76 Å². The van der Waals surface area contributed by atoms with Crippen molar-refractivity contribution in [1.29, 1.82) is 5.26 Å². The van der Waals surface area contributed by atoms with Crippen molar-refractivity contribution in [3.05, 3.63) is 71.8 Å². The minimum atomic E-state index is 0.0527. The molecule has 0 aliphatic carbocycles. The Labute approximate surface area is 156 Å². The molecule has 4 rings (SSSR count). The number of fused-ring (bicyclic) bond motifs is 1. The fourth-order valence-electron chi connectivity index (χ4n) is 3.08. The zero-order valence-electron chi connectivity index (χ0n) is 14.6. The molecule has 0 spiro atoms. The molecule has 0 atom stereocenters. The van der Waals surface area contributed by atoms with Crippen LogP contribution in [0, 0.1) is 11.3 Å². The molecule has 0 aliphatic heterocycles. The highest BCUT2D eigenvalue weighted by molar-refractivity contribution is 5.98. The van der Waals surface area contributed by atoms with Gasteiger partial charge in [-0.2, -0.15) is 5.26 Å². The van der Waals surface area contributed by atoms with Gasteiger partial charge in [0.25, 0.3) is 0 Å². The molecule has 0 radical (unpaired) electrons. The first kappa shape index (κ1) is 16.9. The summed E-state index contributed by atoms with van der Waals surface area (Å²) < 4.78 is 5.31. The van der Waals surface area contributed by atoms with Gasteiger partial charge in [-0.1, -0.05) is 6.07 Å². The lowest BCUT2D eigenvalue weighted by molar-refractivity contribution is 0.460. The molecule has 4 aromatic rings. The number of benzene rings is 1. The predicted molar refractivity (Wildman–Crippen MR) is 102 cm³/mol. The normalized spacial score (nSPS) is 10.9. The van der Waals surface area contributed by atoms with Crippen LogP contribution in [-0.2, 0) is 13.0 Å². The lowest BCUT2D eigenvalue weighted by atomic mass is 10.1. The van der Waals surface area contributed by atoms with Crippen LogP contribution in [0.15, 0.2) is 59.3 Å². The minimum absolute atomic E-state index is 0.0527. The largest absolute Gasteiger partial charge is 0.494 e. The molecule has 0 unspecified atom stereocenters. The van der Waals surface area contributed by atoms with Crippen molar-refractivity contribution >= 4 is 10.9 Å². The van der Waals surface area contributed by atoms with E-state index >= 15 is 0 Å². The number of pyridine rings is 1. The maximum Gasteiger partial charge on any atom is 0.199 e. The second-order valence-corrected chi connectivity index (χ2v) is 6.28. The first-order valence-electron chi connectivity index (χ1n) is 8.68. The highest BCUT2D eigenvalue weighted by Crippen LogP contribution is 2.35. The second-order valence-electron chi connectivity index (χ2n) is 6.28. The SMILES string of the molecule is N#Cc1ccc2[nH]c(O)c(-c3ccc(CNCCc4ccco4)cn3)c2c1. The van der Waals surface area contributed by atoms with E-state index in [0.29, 0.717) is 23.4 Å². The number of hydrogen-bond acceptors (Lipinski definition) is 5. The van der Waals surface area contributed by atoms with E-state index in [1.807, 2.05) is 24.3 Å². The van der Waals surface area contributed by atoms with Gasteiger partial charge in [0.05, 0.1) is 29.2 Å². The number of H-pyrrole nitrogens is 1. The van der Waals surface area contributed by atoms with Gasteiger partial charge in [0.15, 0.2) is 5.88 Å². The fraction of sp³-hybridized carbons (Fsp3) is 0.143. The summed E-state index contributed by atoms with van der Waals surface area (Å²) in [5.74, 6) is 1.01. The highest BCUT2D eigenvalue weighted by atomic mass is 16.3. The van der Waals surface area contributed by atoms with E-state index in [1.54, 1.807) is 30.7 Å². The summed E-state index contributed by atoms with van der Waals surface area (Å²) in [4.78, 5) is 7.43. The number of nitriles is 1. The third kappa shape index (κ3) is 3.54. The fourth-order valence-corrected chi connectivity index (χ4v) is 3.08. The van der Waals surface area contributed by atoms with Gasteiger partial charge in [0, 0.05) is 36.6 Å². The van der Waals surface area contributed by atoms with Crippen LogP contribution in [-0.4, -0.2) is 21.6 Å². The average Bonchev–Trinajstić information content (AvgIpc) is 3.32. The predicted octanol–water partition coefficient (Wildman–Crippen LogP) is 3.73. The minimum Gasteiger partial charge on any atom is -0.494 e. The lowest BCUT2D eigenvalue weighted by Gasteiger charge is -2.05. The number of aromatic amines is 1. The van der Waals surface area contributed by atoms with Crippen molar-refractivity contribution in [3.63, 3.8) is 0 Å². The average molecular weight is 358 g/mol. The van der Waals surface area contributed by atoms with E-state index in [0.717, 1.165) is 35.2 Å². The molecule has 0 amide bonds. The van der Waals surface area contributed by atoms with Crippen LogP contribution < -0.4 is 5.32 Å². The summed E-state index contributed by atoms with van der Waals surface area (Å²) in [7, 11) is 0. The molecule has 3 heterocycles. The van der Waals surface area contributed by atoms with Gasteiger partial charge < -0.3 is 19.8 Å².